The Morgan fingerprint density at radius 3 is 2.03 bits per heavy atom. The van der Waals surface area contributed by atoms with Crippen LogP contribution in [0.5, 0.6) is 5.75 Å². The summed E-state index contributed by atoms with van der Waals surface area (Å²) in [5.41, 5.74) is 7.17. The van der Waals surface area contributed by atoms with Gasteiger partial charge in [-0.25, -0.2) is 0 Å². The van der Waals surface area contributed by atoms with Gasteiger partial charge in [0.05, 0.1) is 13.2 Å². The van der Waals surface area contributed by atoms with Crippen molar-refractivity contribution in [2.75, 3.05) is 26.7 Å². The van der Waals surface area contributed by atoms with Crippen molar-refractivity contribution in [3.8, 4) is 5.75 Å². The van der Waals surface area contributed by atoms with Gasteiger partial charge < -0.3 is 15.4 Å². The molecule has 30 heavy (non-hydrogen) atoms. The van der Waals surface area contributed by atoms with Gasteiger partial charge >= 0.3 is 0 Å². The summed E-state index contributed by atoms with van der Waals surface area (Å²) in [6.07, 6.45) is 4.40. The normalized spacial score (nSPS) is 13.4. The van der Waals surface area contributed by atoms with Crippen LogP contribution in [0.2, 0.25) is 0 Å². The average molecular weight is 401 g/mol. The standard InChI is InChI=1S/C27H32N2O/c1-30-24-15-11-21(12-16-24)17-20-28-18-6-19-29-27-25-9-4-2-7-22(25)13-14-23-8-3-5-10-26(23)27/h2-5,7-12,15-16,27-29H,6,13-14,17-20H2,1H3. The van der Waals surface area contributed by atoms with E-state index in [4.69, 9.17) is 4.74 Å². The molecule has 0 fully saturated rings. The molecule has 0 atom stereocenters. The van der Waals surface area contributed by atoms with Gasteiger partial charge in [-0.05, 0) is 85.3 Å². The molecule has 0 amide bonds. The first-order chi connectivity index (χ1) is 14.8. The predicted molar refractivity (Wildman–Crippen MR) is 124 cm³/mol. The highest BCUT2D eigenvalue weighted by atomic mass is 16.5. The van der Waals surface area contributed by atoms with Crippen LogP contribution in [0, 0.1) is 0 Å². The third-order valence-electron chi connectivity index (χ3n) is 6.02. The van der Waals surface area contributed by atoms with Crippen LogP contribution < -0.4 is 15.4 Å². The summed E-state index contributed by atoms with van der Waals surface area (Å²) in [6.45, 7) is 3.03. The van der Waals surface area contributed by atoms with E-state index in [0.717, 1.165) is 51.1 Å². The predicted octanol–water partition coefficient (Wildman–Crippen LogP) is 4.70. The second-order valence-electron chi connectivity index (χ2n) is 7.99. The second kappa shape index (κ2) is 10.4. The van der Waals surface area contributed by atoms with E-state index in [1.807, 2.05) is 12.1 Å². The van der Waals surface area contributed by atoms with Crippen LogP contribution in [0.15, 0.2) is 72.8 Å². The molecule has 2 N–H and O–H groups in total. The molecule has 4 rings (SSSR count). The van der Waals surface area contributed by atoms with E-state index < -0.39 is 0 Å². The van der Waals surface area contributed by atoms with Crippen LogP contribution in [-0.4, -0.2) is 26.7 Å². The largest absolute Gasteiger partial charge is 0.497 e. The van der Waals surface area contributed by atoms with E-state index in [0.29, 0.717) is 6.04 Å². The first-order valence-electron chi connectivity index (χ1n) is 11.1. The smallest absolute Gasteiger partial charge is 0.118 e. The zero-order chi connectivity index (χ0) is 20.6. The van der Waals surface area contributed by atoms with Crippen molar-refractivity contribution in [1.29, 1.82) is 0 Å². The van der Waals surface area contributed by atoms with Crippen LogP contribution >= 0.6 is 0 Å². The SMILES string of the molecule is COc1ccc(CCNCCCNC2c3ccccc3CCc3ccccc32)cc1. The van der Waals surface area contributed by atoms with Gasteiger partial charge in [-0.2, -0.15) is 0 Å². The summed E-state index contributed by atoms with van der Waals surface area (Å²) >= 11 is 0. The molecule has 0 saturated carbocycles. The summed E-state index contributed by atoms with van der Waals surface area (Å²) in [6, 6.07) is 26.5. The molecule has 1 aliphatic rings. The maximum Gasteiger partial charge on any atom is 0.118 e. The number of hydrogen-bond acceptors (Lipinski definition) is 3. The fourth-order valence-electron chi connectivity index (χ4n) is 4.35. The van der Waals surface area contributed by atoms with E-state index in [-0.39, 0.29) is 0 Å². The fraction of sp³-hybridized carbons (Fsp3) is 0.333. The van der Waals surface area contributed by atoms with Crippen LogP contribution in [-0.2, 0) is 19.3 Å². The third kappa shape index (κ3) is 5.10. The number of rotatable bonds is 9. The molecule has 0 saturated heterocycles. The van der Waals surface area contributed by atoms with Crippen molar-refractivity contribution >= 4 is 0 Å². The van der Waals surface area contributed by atoms with Crippen molar-refractivity contribution in [2.24, 2.45) is 0 Å². The van der Waals surface area contributed by atoms with E-state index >= 15 is 0 Å². The molecule has 3 heteroatoms. The van der Waals surface area contributed by atoms with Crippen molar-refractivity contribution in [2.45, 2.75) is 31.7 Å². The van der Waals surface area contributed by atoms with Gasteiger partial charge in [0.2, 0.25) is 0 Å². The quantitative estimate of drug-likeness (QED) is 0.511. The lowest BCUT2D eigenvalue weighted by atomic mass is 9.94. The summed E-state index contributed by atoms with van der Waals surface area (Å²) in [7, 11) is 1.71. The van der Waals surface area contributed by atoms with E-state index in [1.54, 1.807) is 7.11 Å². The Bertz CT molecular complexity index is 888. The average Bonchev–Trinajstić information content (AvgIpc) is 2.96. The van der Waals surface area contributed by atoms with Gasteiger partial charge in [0.1, 0.15) is 5.75 Å². The van der Waals surface area contributed by atoms with Gasteiger partial charge in [0.25, 0.3) is 0 Å². The van der Waals surface area contributed by atoms with Crippen LogP contribution in [0.3, 0.4) is 0 Å². The highest BCUT2D eigenvalue weighted by Gasteiger charge is 2.22. The maximum absolute atomic E-state index is 5.22. The van der Waals surface area contributed by atoms with Crippen molar-refractivity contribution < 1.29 is 4.74 Å². The fourth-order valence-corrected chi connectivity index (χ4v) is 4.35. The number of fused-ring (bicyclic) bond motifs is 2. The monoisotopic (exact) mass is 400 g/mol. The lowest BCUT2D eigenvalue weighted by Gasteiger charge is -2.22. The van der Waals surface area contributed by atoms with E-state index in [9.17, 15) is 0 Å². The zero-order valence-electron chi connectivity index (χ0n) is 17.9. The minimum atomic E-state index is 0.291. The van der Waals surface area contributed by atoms with Gasteiger partial charge in [-0.3, -0.25) is 0 Å². The van der Waals surface area contributed by atoms with E-state index in [1.165, 1.54) is 27.8 Å². The summed E-state index contributed by atoms with van der Waals surface area (Å²) in [5.74, 6) is 0.916. The third-order valence-corrected chi connectivity index (χ3v) is 6.02. The molecule has 3 aromatic rings. The van der Waals surface area contributed by atoms with Crippen molar-refractivity contribution in [1.82, 2.24) is 10.6 Å². The van der Waals surface area contributed by atoms with Gasteiger partial charge in [0.15, 0.2) is 0 Å². The Hall–Kier alpha value is -2.62. The summed E-state index contributed by atoms with van der Waals surface area (Å²) < 4.78 is 5.22. The molecule has 0 aromatic heterocycles. The molecule has 3 nitrogen and oxygen atoms in total. The minimum Gasteiger partial charge on any atom is -0.497 e. The highest BCUT2D eigenvalue weighted by Crippen LogP contribution is 2.32. The maximum atomic E-state index is 5.22. The van der Waals surface area contributed by atoms with Crippen LogP contribution in [0.4, 0.5) is 0 Å². The van der Waals surface area contributed by atoms with Gasteiger partial charge in [-0.1, -0.05) is 60.7 Å². The molecule has 0 bridgehead atoms. The number of methoxy groups -OCH3 is 1. The number of aryl methyl sites for hydroxylation is 2. The molecule has 0 heterocycles. The zero-order valence-corrected chi connectivity index (χ0v) is 17.9. The minimum absolute atomic E-state index is 0.291. The second-order valence-corrected chi connectivity index (χ2v) is 7.99. The van der Waals surface area contributed by atoms with Crippen LogP contribution in [0.25, 0.3) is 0 Å². The topological polar surface area (TPSA) is 33.3 Å². The van der Waals surface area contributed by atoms with Crippen molar-refractivity contribution in [3.63, 3.8) is 0 Å². The molecule has 3 aromatic carbocycles. The Labute approximate surface area is 180 Å². The van der Waals surface area contributed by atoms with Crippen molar-refractivity contribution in [3.05, 3.63) is 101 Å². The van der Waals surface area contributed by atoms with Gasteiger partial charge in [0, 0.05) is 0 Å². The lowest BCUT2D eigenvalue weighted by molar-refractivity contribution is 0.414. The molecular weight excluding hydrogens is 368 g/mol. The number of benzene rings is 3. The summed E-state index contributed by atoms with van der Waals surface area (Å²) in [5, 5.41) is 7.42. The molecule has 0 spiro atoms. The molecule has 0 radical (unpaired) electrons. The number of nitrogens with one attached hydrogen (secondary N) is 2. The molecule has 1 aliphatic carbocycles. The Morgan fingerprint density at radius 2 is 1.40 bits per heavy atom. The molecule has 0 unspecified atom stereocenters. The Morgan fingerprint density at radius 1 is 0.767 bits per heavy atom. The van der Waals surface area contributed by atoms with Crippen LogP contribution in [0.1, 0.15) is 40.3 Å². The van der Waals surface area contributed by atoms with Gasteiger partial charge in [-0.15, -0.1) is 0 Å². The lowest BCUT2D eigenvalue weighted by Crippen LogP contribution is -2.27. The number of hydrogen-bond donors (Lipinski definition) is 2. The first-order valence-corrected chi connectivity index (χ1v) is 11.1. The molecule has 0 aliphatic heterocycles. The molecular formula is C27H32N2O. The van der Waals surface area contributed by atoms with E-state index in [2.05, 4.69) is 71.3 Å². The number of ether oxygens (including phenoxy) is 1. The molecule has 156 valence electrons. The first kappa shape index (κ1) is 20.6. The summed E-state index contributed by atoms with van der Waals surface area (Å²) in [4.78, 5) is 0. The highest BCUT2D eigenvalue weighted by molar-refractivity contribution is 5.44. The Kier molecular flexibility index (Phi) is 7.17. The Balaban J connectivity index is 1.26.